The number of halogens is 2. The van der Waals surface area contributed by atoms with Gasteiger partial charge in [-0.2, -0.15) is 8.78 Å². The van der Waals surface area contributed by atoms with Gasteiger partial charge in [-0.15, -0.1) is 0 Å². The number of rotatable bonds is 8. The first kappa shape index (κ1) is 23.0. The van der Waals surface area contributed by atoms with Gasteiger partial charge in [-0.25, -0.2) is 9.59 Å². The largest absolute Gasteiger partial charge is 0.435 e. The Hall–Kier alpha value is -3.24. The molecule has 0 bridgehead atoms. The van der Waals surface area contributed by atoms with Crippen LogP contribution in [0.1, 0.15) is 32.8 Å². The molecule has 3 N–H and O–H groups in total. The minimum absolute atomic E-state index is 0.0175. The number of ether oxygens (including phenoxy) is 1. The summed E-state index contributed by atoms with van der Waals surface area (Å²) in [4.78, 5) is 49.2. The van der Waals surface area contributed by atoms with Crippen LogP contribution >= 0.6 is 0 Å². The number of nitrogens with zero attached hydrogens (tertiary/aromatic N) is 1. The summed E-state index contributed by atoms with van der Waals surface area (Å²) in [6.45, 7) is 1.45. The van der Waals surface area contributed by atoms with E-state index in [1.807, 2.05) is 0 Å². The fourth-order valence-electron chi connectivity index (χ4n) is 2.90. The fraction of sp³-hybridized carbons (Fsp3) is 0.474. The number of carbonyl (C=O) groups is 4. The summed E-state index contributed by atoms with van der Waals surface area (Å²) in [7, 11) is 0. The highest BCUT2D eigenvalue weighted by atomic mass is 19.3. The Morgan fingerprint density at radius 2 is 1.83 bits per heavy atom. The molecule has 1 aromatic rings. The van der Waals surface area contributed by atoms with E-state index in [9.17, 15) is 28.0 Å². The molecule has 0 aliphatic carbocycles. The Balaban J connectivity index is 1.93. The van der Waals surface area contributed by atoms with E-state index in [-0.39, 0.29) is 18.2 Å². The van der Waals surface area contributed by atoms with E-state index in [0.717, 1.165) is 10.5 Å². The molecule has 1 atom stereocenters. The van der Waals surface area contributed by atoms with Crippen LogP contribution in [0.3, 0.4) is 0 Å². The highest BCUT2D eigenvalue weighted by Crippen LogP contribution is 2.24. The molecular formula is C19H24F2N4O5. The summed E-state index contributed by atoms with van der Waals surface area (Å²) in [5.41, 5.74) is -0.489. The summed E-state index contributed by atoms with van der Waals surface area (Å²) in [5.74, 6) is -1.37. The molecule has 0 spiro atoms. The molecule has 1 unspecified atom stereocenters. The summed E-state index contributed by atoms with van der Waals surface area (Å²) in [6, 6.07) is 4.30. The molecule has 0 saturated carbocycles. The normalized spacial score (nSPS) is 18.6. The second-order valence-corrected chi connectivity index (χ2v) is 7.35. The first-order valence-electron chi connectivity index (χ1n) is 9.28. The van der Waals surface area contributed by atoms with Crippen LogP contribution in [0.2, 0.25) is 0 Å². The molecule has 9 nitrogen and oxygen atoms in total. The van der Waals surface area contributed by atoms with Crippen molar-refractivity contribution >= 4 is 23.9 Å². The van der Waals surface area contributed by atoms with Crippen molar-refractivity contribution in [2.75, 3.05) is 6.54 Å². The molecule has 1 saturated heterocycles. The molecule has 2 rings (SSSR count). The SMILES string of the molecule is CC(C)NC(=O)NC(=O)CN1C(=O)NC(C)(CCc2ccc(OC(F)F)cc2)C1=O. The molecular weight excluding hydrogens is 402 g/mol. The molecule has 1 heterocycles. The maximum absolute atomic E-state index is 12.7. The third kappa shape index (κ3) is 6.13. The molecule has 30 heavy (non-hydrogen) atoms. The lowest BCUT2D eigenvalue weighted by atomic mass is 9.93. The van der Waals surface area contributed by atoms with Crippen LogP contribution in [0.4, 0.5) is 18.4 Å². The Bertz CT molecular complexity index is 816. The van der Waals surface area contributed by atoms with Gasteiger partial charge in [-0.1, -0.05) is 12.1 Å². The van der Waals surface area contributed by atoms with Crippen molar-refractivity contribution in [1.29, 1.82) is 0 Å². The second-order valence-electron chi connectivity index (χ2n) is 7.35. The van der Waals surface area contributed by atoms with Crippen molar-refractivity contribution in [3.8, 4) is 5.75 Å². The van der Waals surface area contributed by atoms with E-state index in [4.69, 9.17) is 0 Å². The Morgan fingerprint density at radius 3 is 2.40 bits per heavy atom. The molecule has 1 aliphatic rings. The summed E-state index contributed by atoms with van der Waals surface area (Å²) >= 11 is 0. The monoisotopic (exact) mass is 426 g/mol. The number of aryl methyl sites for hydroxylation is 1. The molecule has 1 aliphatic heterocycles. The van der Waals surface area contributed by atoms with E-state index in [0.29, 0.717) is 6.42 Å². The van der Waals surface area contributed by atoms with Crippen LogP contribution in [-0.4, -0.2) is 53.5 Å². The number of benzene rings is 1. The number of alkyl halides is 2. The zero-order valence-electron chi connectivity index (χ0n) is 16.8. The van der Waals surface area contributed by atoms with Gasteiger partial charge in [0.25, 0.3) is 5.91 Å². The number of imide groups is 2. The first-order valence-corrected chi connectivity index (χ1v) is 9.28. The number of amides is 6. The van der Waals surface area contributed by atoms with E-state index in [1.54, 1.807) is 26.0 Å². The van der Waals surface area contributed by atoms with E-state index >= 15 is 0 Å². The van der Waals surface area contributed by atoms with Crippen molar-refractivity contribution in [3.05, 3.63) is 29.8 Å². The zero-order chi connectivity index (χ0) is 22.5. The third-order valence-corrected chi connectivity index (χ3v) is 4.38. The maximum Gasteiger partial charge on any atom is 0.387 e. The van der Waals surface area contributed by atoms with Crippen LogP contribution in [0.15, 0.2) is 24.3 Å². The Labute approximate surface area is 172 Å². The van der Waals surface area contributed by atoms with Crippen molar-refractivity contribution in [1.82, 2.24) is 20.9 Å². The minimum atomic E-state index is -2.92. The number of hydrogen-bond donors (Lipinski definition) is 3. The number of hydrogen-bond acceptors (Lipinski definition) is 5. The molecule has 0 radical (unpaired) electrons. The standard InChI is InChI=1S/C19H24F2N4O5/c1-11(2)22-17(28)23-14(26)10-25-15(27)19(3,24-18(25)29)9-8-12-4-6-13(7-5-12)30-16(20)21/h4-7,11,16H,8-10H2,1-3H3,(H,24,29)(H2,22,23,26,28). The Kier molecular flexibility index (Phi) is 7.30. The smallest absolute Gasteiger partial charge is 0.387 e. The predicted molar refractivity (Wildman–Crippen MR) is 102 cm³/mol. The summed E-state index contributed by atoms with van der Waals surface area (Å²) in [6.07, 6.45) is 0.590. The molecule has 6 amide bonds. The van der Waals surface area contributed by atoms with Crippen LogP contribution in [0, 0.1) is 0 Å². The van der Waals surface area contributed by atoms with E-state index in [1.165, 1.54) is 19.1 Å². The minimum Gasteiger partial charge on any atom is -0.435 e. The van der Waals surface area contributed by atoms with Crippen LogP contribution < -0.4 is 20.7 Å². The van der Waals surface area contributed by atoms with E-state index < -0.39 is 42.6 Å². The quantitative estimate of drug-likeness (QED) is 0.548. The lowest BCUT2D eigenvalue weighted by Crippen LogP contribution is -2.48. The molecule has 1 aromatic carbocycles. The average Bonchev–Trinajstić information content (AvgIpc) is 2.83. The fourth-order valence-corrected chi connectivity index (χ4v) is 2.90. The van der Waals surface area contributed by atoms with Crippen LogP contribution in [0.5, 0.6) is 5.75 Å². The van der Waals surface area contributed by atoms with Crippen molar-refractivity contribution in [2.24, 2.45) is 0 Å². The molecule has 11 heteroatoms. The topological polar surface area (TPSA) is 117 Å². The predicted octanol–water partition coefficient (Wildman–Crippen LogP) is 1.77. The van der Waals surface area contributed by atoms with Gasteiger partial charge in [0, 0.05) is 6.04 Å². The van der Waals surface area contributed by atoms with Gasteiger partial charge < -0.3 is 15.4 Å². The summed E-state index contributed by atoms with van der Waals surface area (Å²) in [5, 5.41) is 7.08. The third-order valence-electron chi connectivity index (χ3n) is 4.38. The van der Waals surface area contributed by atoms with Gasteiger partial charge in [0.15, 0.2) is 0 Å². The molecule has 164 valence electrons. The van der Waals surface area contributed by atoms with E-state index in [2.05, 4.69) is 20.7 Å². The zero-order valence-corrected chi connectivity index (χ0v) is 16.8. The van der Waals surface area contributed by atoms with Crippen LogP contribution in [-0.2, 0) is 16.0 Å². The van der Waals surface area contributed by atoms with Gasteiger partial charge in [-0.05, 0) is 51.3 Å². The molecule has 1 fully saturated rings. The number of carbonyl (C=O) groups excluding carboxylic acids is 4. The van der Waals surface area contributed by atoms with Gasteiger partial charge in [-0.3, -0.25) is 19.8 Å². The van der Waals surface area contributed by atoms with Gasteiger partial charge in [0.1, 0.15) is 17.8 Å². The molecule has 0 aromatic heterocycles. The Morgan fingerprint density at radius 1 is 1.20 bits per heavy atom. The van der Waals surface area contributed by atoms with Gasteiger partial charge >= 0.3 is 18.7 Å². The highest BCUT2D eigenvalue weighted by Gasteiger charge is 2.47. The second kappa shape index (κ2) is 9.51. The van der Waals surface area contributed by atoms with Gasteiger partial charge in [0.05, 0.1) is 0 Å². The van der Waals surface area contributed by atoms with Gasteiger partial charge in [0.2, 0.25) is 5.91 Å². The van der Waals surface area contributed by atoms with Crippen molar-refractivity contribution in [3.63, 3.8) is 0 Å². The summed E-state index contributed by atoms with van der Waals surface area (Å²) < 4.78 is 28.7. The first-order chi connectivity index (χ1) is 14.0. The lowest BCUT2D eigenvalue weighted by Gasteiger charge is -2.21. The van der Waals surface area contributed by atoms with Crippen molar-refractivity contribution in [2.45, 2.75) is 51.8 Å². The highest BCUT2D eigenvalue weighted by molar-refractivity contribution is 6.09. The maximum atomic E-state index is 12.7. The number of nitrogens with one attached hydrogen (secondary N) is 3. The lowest BCUT2D eigenvalue weighted by molar-refractivity contribution is -0.134. The van der Waals surface area contributed by atoms with Crippen molar-refractivity contribution < 1.29 is 32.7 Å². The average molecular weight is 426 g/mol. The van der Waals surface area contributed by atoms with Crippen LogP contribution in [0.25, 0.3) is 0 Å². The number of urea groups is 2.